The molecule has 2 heterocycles. The van der Waals surface area contributed by atoms with Crippen LogP contribution < -0.4 is 10.6 Å². The smallest absolute Gasteiger partial charge is 0.407 e. The lowest BCUT2D eigenvalue weighted by atomic mass is 9.98. The number of benzene rings is 4. The number of hydrogen-bond donors (Lipinski definition) is 3. The Bertz CT molecular complexity index is 2320. The molecule has 14 heteroatoms. The van der Waals surface area contributed by atoms with Crippen molar-refractivity contribution in [2.45, 2.75) is 75.3 Å². The van der Waals surface area contributed by atoms with Crippen molar-refractivity contribution in [3.8, 4) is 22.3 Å². The van der Waals surface area contributed by atoms with Crippen LogP contribution in [0.5, 0.6) is 0 Å². The Morgan fingerprint density at radius 2 is 0.938 bits per heavy atom. The maximum atomic E-state index is 13.0. The first-order valence-electron chi connectivity index (χ1n) is 22.4. The van der Waals surface area contributed by atoms with Gasteiger partial charge in [0.2, 0.25) is 11.8 Å². The van der Waals surface area contributed by atoms with E-state index >= 15 is 0 Å². The number of aliphatic carboxylic acids is 1. The number of carboxylic acid groups (broad SMARTS) is 1. The topological polar surface area (TPSA) is 181 Å². The van der Waals surface area contributed by atoms with Crippen LogP contribution in [0.25, 0.3) is 22.3 Å². The highest BCUT2D eigenvalue weighted by atomic mass is 16.6. The lowest BCUT2D eigenvalue weighted by Gasteiger charge is -2.30. The fraction of sp³-hybridized carbons (Fsp3) is 0.360. The number of hydrogen-bond acceptors (Lipinski definition) is 9. The van der Waals surface area contributed by atoms with E-state index in [0.717, 1.165) is 83.0 Å². The Morgan fingerprint density at radius 1 is 0.594 bits per heavy atom. The zero-order valence-electron chi connectivity index (χ0n) is 36.7. The van der Waals surface area contributed by atoms with Gasteiger partial charge in [-0.3, -0.25) is 19.2 Å². The molecule has 0 radical (unpaired) electrons. The van der Waals surface area contributed by atoms with Gasteiger partial charge in [0.25, 0.3) is 0 Å². The molecular formula is C50H54N4O10. The molecule has 14 nitrogen and oxygen atoms in total. The minimum Gasteiger partial charge on any atom is -0.481 e. The maximum Gasteiger partial charge on any atom is 0.407 e. The minimum atomic E-state index is -1.14. The normalized spacial score (nSPS) is 16.2. The third-order valence-corrected chi connectivity index (χ3v) is 12.1. The van der Waals surface area contributed by atoms with E-state index in [1.165, 1.54) is 0 Å². The fourth-order valence-corrected chi connectivity index (χ4v) is 9.10. The maximum absolute atomic E-state index is 13.0. The van der Waals surface area contributed by atoms with Gasteiger partial charge >= 0.3 is 24.1 Å². The molecule has 3 N–H and O–H groups in total. The molecule has 4 aromatic rings. The van der Waals surface area contributed by atoms with Crippen molar-refractivity contribution in [2.24, 2.45) is 0 Å². The van der Waals surface area contributed by atoms with Gasteiger partial charge in [0.05, 0.1) is 19.1 Å². The fourth-order valence-electron chi connectivity index (χ4n) is 9.10. The number of amides is 4. The second kappa shape index (κ2) is 21.4. The Balaban J connectivity index is 0.000000195. The highest BCUT2D eigenvalue weighted by Gasteiger charge is 2.34. The number of nitrogens with zero attached hydrogens (tertiary/aromatic N) is 2. The quantitative estimate of drug-likeness (QED) is 0.0698. The van der Waals surface area contributed by atoms with Crippen LogP contribution >= 0.6 is 0 Å². The number of nitrogens with one attached hydrogen (secondary N) is 2. The summed E-state index contributed by atoms with van der Waals surface area (Å²) in [5.41, 5.74) is 8.80. The third kappa shape index (κ3) is 10.8. The Kier molecular flexibility index (Phi) is 14.6. The van der Waals surface area contributed by atoms with Crippen molar-refractivity contribution in [1.82, 2.24) is 20.4 Å². The van der Waals surface area contributed by atoms with Crippen molar-refractivity contribution in [2.75, 3.05) is 39.4 Å². The molecule has 0 spiro atoms. The second-order valence-electron chi connectivity index (χ2n) is 16.2. The summed E-state index contributed by atoms with van der Waals surface area (Å²) in [5.74, 6) is -2.90. The van der Waals surface area contributed by atoms with E-state index in [4.69, 9.17) is 10.8 Å². The number of alkyl carbamates (subject to hydrolysis) is 2. The number of esters is 1. The number of likely N-dealkylation sites (tertiary alicyclic amines) is 2. The van der Waals surface area contributed by atoms with Crippen LogP contribution in [0.2, 0.25) is 0 Å². The van der Waals surface area contributed by atoms with Crippen molar-refractivity contribution in [3.63, 3.8) is 0 Å². The predicted molar refractivity (Wildman–Crippen MR) is 238 cm³/mol. The SMILES string of the molecule is O=C(O)C[C@H](NC(=O)OCC1c2ccccc2-c2ccccc21)C(=O)N1CCCCC1.[3H]C(=C)OC(=O)C[C@H](NC(=O)OCC1c2ccccc2-c2ccccc21)C(=O)N1CCCCC1. The molecule has 334 valence electrons. The lowest BCUT2D eigenvalue weighted by Crippen LogP contribution is -2.51. The van der Waals surface area contributed by atoms with Crippen molar-refractivity contribution < 1.29 is 49.5 Å². The van der Waals surface area contributed by atoms with Gasteiger partial charge in [0.15, 0.2) is 0 Å². The van der Waals surface area contributed by atoms with Crippen LogP contribution in [0.15, 0.2) is 110 Å². The number of carbonyl (C=O) groups is 6. The van der Waals surface area contributed by atoms with Gasteiger partial charge in [-0.25, -0.2) is 9.59 Å². The summed E-state index contributed by atoms with van der Waals surface area (Å²) in [5, 5.41) is 14.2. The molecule has 4 aliphatic rings. The molecule has 0 aromatic heterocycles. The monoisotopic (exact) mass is 872 g/mol. The van der Waals surface area contributed by atoms with Gasteiger partial charge in [-0.1, -0.05) is 104 Å². The average Bonchev–Trinajstić information content (AvgIpc) is 3.81. The number of fused-ring (bicyclic) bond motifs is 6. The van der Waals surface area contributed by atoms with E-state index in [1.54, 1.807) is 9.80 Å². The molecule has 2 aliphatic carbocycles. The molecule has 0 saturated carbocycles. The first-order chi connectivity index (χ1) is 31.5. The van der Waals surface area contributed by atoms with Gasteiger partial charge in [-0.05, 0) is 83.0 Å². The summed E-state index contributed by atoms with van der Waals surface area (Å²) in [6.45, 7) is 5.74. The Morgan fingerprint density at radius 3 is 1.28 bits per heavy atom. The lowest BCUT2D eigenvalue weighted by molar-refractivity contribution is -0.143. The Hall–Kier alpha value is -6.96. The number of rotatable bonds is 13. The predicted octanol–water partition coefficient (Wildman–Crippen LogP) is 7.36. The van der Waals surface area contributed by atoms with Gasteiger partial charge in [-0.15, -0.1) is 0 Å². The van der Waals surface area contributed by atoms with Gasteiger partial charge < -0.3 is 39.8 Å². The van der Waals surface area contributed by atoms with Crippen LogP contribution in [0.1, 0.15) is 86.8 Å². The van der Waals surface area contributed by atoms with E-state index in [1.807, 2.05) is 84.9 Å². The van der Waals surface area contributed by atoms with Gasteiger partial charge in [0, 0.05) is 38.0 Å². The van der Waals surface area contributed by atoms with Crippen LogP contribution in [-0.4, -0.2) is 102 Å². The Labute approximate surface area is 374 Å². The van der Waals surface area contributed by atoms with Gasteiger partial charge in [0.1, 0.15) is 26.7 Å². The molecule has 0 unspecified atom stereocenters. The summed E-state index contributed by atoms with van der Waals surface area (Å²) in [6.07, 6.45) is 2.64. The molecule has 64 heavy (non-hydrogen) atoms. The summed E-state index contributed by atoms with van der Waals surface area (Å²) in [6, 6.07) is 29.8. The number of piperidine rings is 2. The summed E-state index contributed by atoms with van der Waals surface area (Å²) < 4.78 is 22.9. The van der Waals surface area contributed by atoms with E-state index in [0.29, 0.717) is 26.2 Å². The standard InChI is InChI=1S/C26H28N2O5.C24H26N2O5/c1-2-32-24(29)16-23(25(30)28-14-8-3-9-15-28)27-26(31)33-17-22-20-12-6-4-10-18(20)19-11-5-7-13-21(19)22;27-22(28)14-21(23(29)26-12-6-1-7-13-26)25-24(30)31-15-20-18-10-4-2-8-16(18)17-9-3-5-11-19(17)20/h2,4-7,10-13,22-23H,1,3,8-9,14-17H2,(H,27,31);2-5,8-11,20-21H,1,6-7,12-15H2,(H,25,30)(H,27,28)/t23-;21-/m00/s1/i2T;. The first-order valence-corrected chi connectivity index (χ1v) is 21.9. The highest BCUT2D eigenvalue weighted by molar-refractivity contribution is 5.91. The van der Waals surface area contributed by atoms with Crippen molar-refractivity contribution in [3.05, 3.63) is 132 Å². The van der Waals surface area contributed by atoms with E-state index in [2.05, 4.69) is 34.1 Å². The van der Waals surface area contributed by atoms with E-state index < -0.39 is 55.3 Å². The summed E-state index contributed by atoms with van der Waals surface area (Å²) in [4.78, 5) is 77.6. The zero-order chi connectivity index (χ0) is 45.9. The largest absolute Gasteiger partial charge is 0.481 e. The molecule has 2 aliphatic heterocycles. The second-order valence-corrected chi connectivity index (χ2v) is 16.2. The van der Waals surface area contributed by atoms with Gasteiger partial charge in [-0.2, -0.15) is 0 Å². The molecule has 4 amide bonds. The van der Waals surface area contributed by atoms with E-state index in [-0.39, 0.29) is 36.9 Å². The van der Waals surface area contributed by atoms with Crippen LogP contribution in [0, 0.1) is 0 Å². The highest BCUT2D eigenvalue weighted by Crippen LogP contribution is 2.45. The molecule has 0 bridgehead atoms. The number of carboxylic acids is 1. The zero-order valence-corrected chi connectivity index (χ0v) is 35.7. The van der Waals surface area contributed by atoms with Crippen LogP contribution in [0.4, 0.5) is 9.59 Å². The molecule has 2 fully saturated rings. The average molecular weight is 873 g/mol. The van der Waals surface area contributed by atoms with E-state index in [9.17, 15) is 33.9 Å². The molecular weight excluding hydrogens is 817 g/mol. The molecule has 4 aromatic carbocycles. The molecule has 8 rings (SSSR count). The van der Waals surface area contributed by atoms with Crippen molar-refractivity contribution >= 4 is 35.9 Å². The van der Waals surface area contributed by atoms with Crippen LogP contribution in [-0.2, 0) is 33.4 Å². The first kappa shape index (κ1) is 43.7. The van der Waals surface area contributed by atoms with Crippen molar-refractivity contribution in [1.29, 1.82) is 0 Å². The summed E-state index contributed by atoms with van der Waals surface area (Å²) >= 11 is 0. The number of carbonyl (C=O) groups excluding carboxylic acids is 5. The number of ether oxygens (including phenoxy) is 3. The molecule has 2 saturated heterocycles. The van der Waals surface area contributed by atoms with Crippen LogP contribution in [0.3, 0.4) is 0 Å². The minimum absolute atomic E-state index is 0.0957. The third-order valence-electron chi connectivity index (χ3n) is 12.1. The molecule has 2 atom stereocenters. The summed E-state index contributed by atoms with van der Waals surface area (Å²) in [7, 11) is 0.